The minimum atomic E-state index is -0.933. The average molecular weight is 338 g/mol. The number of carbonyl (C=O) groups excluding carboxylic acids is 2. The zero-order chi connectivity index (χ0) is 18.1. The van der Waals surface area contributed by atoms with Crippen LogP contribution in [-0.4, -0.2) is 50.6 Å². The van der Waals surface area contributed by atoms with Crippen LogP contribution in [0.15, 0.2) is 12.3 Å². The fourth-order valence-corrected chi connectivity index (χ4v) is 2.77. The summed E-state index contributed by atoms with van der Waals surface area (Å²) >= 11 is 0. The molecule has 2 atom stereocenters. The maximum Gasteiger partial charge on any atom is 0.413 e. The van der Waals surface area contributed by atoms with Crippen LogP contribution >= 0.6 is 0 Å². The lowest BCUT2D eigenvalue weighted by atomic mass is 10.1. The smallest absolute Gasteiger partial charge is 0.413 e. The van der Waals surface area contributed by atoms with Gasteiger partial charge in [0.15, 0.2) is 0 Å². The molecule has 0 radical (unpaired) electrons. The van der Waals surface area contributed by atoms with E-state index in [4.69, 9.17) is 9.47 Å². The van der Waals surface area contributed by atoms with Gasteiger partial charge in [-0.05, 0) is 47.6 Å². The van der Waals surface area contributed by atoms with Gasteiger partial charge in [0.05, 0.1) is 18.3 Å². The molecule has 0 spiro atoms. The number of amides is 2. The van der Waals surface area contributed by atoms with Crippen LogP contribution in [0.3, 0.4) is 0 Å². The van der Waals surface area contributed by atoms with Gasteiger partial charge in [-0.3, -0.25) is 14.8 Å². The van der Waals surface area contributed by atoms with Gasteiger partial charge < -0.3 is 14.8 Å². The summed E-state index contributed by atoms with van der Waals surface area (Å²) in [4.78, 5) is 26.6. The Kier molecular flexibility index (Phi) is 4.89. The largest absolute Gasteiger partial charge is 0.444 e. The lowest BCUT2D eigenvalue weighted by molar-refractivity contribution is -0.127. The van der Waals surface area contributed by atoms with E-state index in [-0.39, 0.29) is 5.91 Å². The summed E-state index contributed by atoms with van der Waals surface area (Å²) in [5.74, 6) is -0.298. The van der Waals surface area contributed by atoms with E-state index in [9.17, 15) is 9.59 Å². The van der Waals surface area contributed by atoms with Gasteiger partial charge in [-0.25, -0.2) is 4.79 Å². The van der Waals surface area contributed by atoms with Crippen molar-refractivity contribution in [2.45, 2.75) is 71.6 Å². The molecule has 1 saturated heterocycles. The standard InChI is InChI=1S/C16H26N4O4/c1-10-12(13(21)17-9-11-7-8-18-19-11)20(16(5,6)23-10)14(22)24-15(2,3)4/h7-8,10,12H,9H2,1-6H3,(H,17,21)(H,18,19)/t10-,12+/m1/s1. The molecule has 1 fully saturated rings. The highest BCUT2D eigenvalue weighted by Gasteiger charge is 2.52. The molecule has 2 rings (SSSR count). The molecule has 0 saturated carbocycles. The molecule has 1 aromatic rings. The Morgan fingerprint density at radius 2 is 2.12 bits per heavy atom. The van der Waals surface area contributed by atoms with Gasteiger partial charge in [0.1, 0.15) is 17.4 Å². The third kappa shape index (κ3) is 4.05. The molecular weight excluding hydrogens is 312 g/mol. The van der Waals surface area contributed by atoms with E-state index >= 15 is 0 Å². The molecule has 134 valence electrons. The molecule has 0 unspecified atom stereocenters. The summed E-state index contributed by atoms with van der Waals surface area (Å²) in [6.07, 6.45) is 0.589. The zero-order valence-corrected chi connectivity index (χ0v) is 15.0. The second-order valence-corrected chi connectivity index (χ2v) is 7.36. The summed E-state index contributed by atoms with van der Waals surface area (Å²) in [6, 6.07) is 1.00. The molecule has 0 bridgehead atoms. The molecule has 1 aliphatic heterocycles. The number of H-pyrrole nitrogens is 1. The SMILES string of the molecule is C[C@H]1OC(C)(C)N(C(=O)OC(C)(C)C)[C@@H]1C(=O)NCc1ccn[nH]1. The third-order valence-electron chi connectivity index (χ3n) is 3.65. The molecule has 1 aliphatic rings. The van der Waals surface area contributed by atoms with Crippen LogP contribution in [0.2, 0.25) is 0 Å². The molecule has 0 aliphatic carbocycles. The van der Waals surface area contributed by atoms with Gasteiger partial charge in [0, 0.05) is 6.20 Å². The second-order valence-electron chi connectivity index (χ2n) is 7.36. The predicted octanol–water partition coefficient (Wildman–Crippen LogP) is 1.79. The first-order chi connectivity index (χ1) is 11.0. The Morgan fingerprint density at radius 1 is 1.46 bits per heavy atom. The number of rotatable bonds is 3. The van der Waals surface area contributed by atoms with E-state index in [1.807, 2.05) is 0 Å². The average Bonchev–Trinajstić information content (AvgIpc) is 2.99. The Bertz CT molecular complexity index is 592. The van der Waals surface area contributed by atoms with Gasteiger partial charge in [-0.1, -0.05) is 0 Å². The molecular formula is C16H26N4O4. The van der Waals surface area contributed by atoms with E-state index in [1.54, 1.807) is 53.8 Å². The van der Waals surface area contributed by atoms with Crippen LogP contribution < -0.4 is 5.32 Å². The third-order valence-corrected chi connectivity index (χ3v) is 3.65. The van der Waals surface area contributed by atoms with Crippen molar-refractivity contribution in [1.82, 2.24) is 20.4 Å². The van der Waals surface area contributed by atoms with Crippen LogP contribution in [-0.2, 0) is 20.8 Å². The topological polar surface area (TPSA) is 96.5 Å². The van der Waals surface area contributed by atoms with Gasteiger partial charge in [-0.15, -0.1) is 0 Å². The quantitative estimate of drug-likeness (QED) is 0.876. The summed E-state index contributed by atoms with van der Waals surface area (Å²) in [5, 5.41) is 9.41. The number of hydrogen-bond donors (Lipinski definition) is 2. The number of nitrogens with zero attached hydrogens (tertiary/aromatic N) is 2. The Hall–Kier alpha value is -2.09. The lowest BCUT2D eigenvalue weighted by Gasteiger charge is -2.34. The zero-order valence-electron chi connectivity index (χ0n) is 15.0. The van der Waals surface area contributed by atoms with Gasteiger partial charge in [0.2, 0.25) is 5.91 Å². The van der Waals surface area contributed by atoms with Crippen molar-refractivity contribution >= 4 is 12.0 Å². The van der Waals surface area contributed by atoms with Crippen molar-refractivity contribution in [2.24, 2.45) is 0 Å². The van der Waals surface area contributed by atoms with Gasteiger partial charge in [0.25, 0.3) is 0 Å². The normalized spacial score (nSPS) is 23.2. The number of hydrogen-bond acceptors (Lipinski definition) is 5. The van der Waals surface area contributed by atoms with Crippen molar-refractivity contribution in [3.8, 4) is 0 Å². The van der Waals surface area contributed by atoms with Crippen LogP contribution in [0.1, 0.15) is 47.2 Å². The molecule has 2 heterocycles. The van der Waals surface area contributed by atoms with E-state index in [0.717, 1.165) is 5.69 Å². The number of aromatic amines is 1. The number of nitrogens with one attached hydrogen (secondary N) is 2. The fraction of sp³-hybridized carbons (Fsp3) is 0.688. The van der Waals surface area contributed by atoms with Crippen LogP contribution in [0, 0.1) is 0 Å². The Balaban J connectivity index is 2.14. The molecule has 8 heteroatoms. The van der Waals surface area contributed by atoms with E-state index in [2.05, 4.69) is 15.5 Å². The lowest BCUT2D eigenvalue weighted by Crippen LogP contribution is -2.55. The first-order valence-corrected chi connectivity index (χ1v) is 7.97. The summed E-state index contributed by atoms with van der Waals surface area (Å²) in [7, 11) is 0. The second kappa shape index (κ2) is 6.43. The minimum absolute atomic E-state index is 0.296. The molecule has 24 heavy (non-hydrogen) atoms. The highest BCUT2D eigenvalue weighted by Crippen LogP contribution is 2.33. The maximum absolute atomic E-state index is 12.6. The van der Waals surface area contributed by atoms with Crippen molar-refractivity contribution in [3.63, 3.8) is 0 Å². The van der Waals surface area contributed by atoms with Crippen molar-refractivity contribution in [3.05, 3.63) is 18.0 Å². The van der Waals surface area contributed by atoms with E-state index in [0.29, 0.717) is 6.54 Å². The van der Waals surface area contributed by atoms with Gasteiger partial charge in [-0.2, -0.15) is 5.10 Å². The number of ether oxygens (including phenoxy) is 2. The highest BCUT2D eigenvalue weighted by molar-refractivity contribution is 5.87. The summed E-state index contributed by atoms with van der Waals surface area (Å²) in [5.41, 5.74) is -0.814. The van der Waals surface area contributed by atoms with Crippen LogP contribution in [0.4, 0.5) is 4.79 Å². The monoisotopic (exact) mass is 338 g/mol. The Morgan fingerprint density at radius 3 is 2.67 bits per heavy atom. The molecule has 1 aromatic heterocycles. The van der Waals surface area contributed by atoms with Gasteiger partial charge >= 0.3 is 6.09 Å². The summed E-state index contributed by atoms with van der Waals surface area (Å²) in [6.45, 7) is 10.9. The first kappa shape index (κ1) is 18.3. The fourth-order valence-electron chi connectivity index (χ4n) is 2.77. The molecule has 2 N–H and O–H groups in total. The van der Waals surface area contributed by atoms with Crippen LogP contribution in [0.25, 0.3) is 0 Å². The maximum atomic E-state index is 12.6. The molecule has 8 nitrogen and oxygen atoms in total. The highest BCUT2D eigenvalue weighted by atomic mass is 16.6. The number of aromatic nitrogens is 2. The predicted molar refractivity (Wildman–Crippen MR) is 86.9 cm³/mol. The first-order valence-electron chi connectivity index (χ1n) is 7.97. The minimum Gasteiger partial charge on any atom is -0.444 e. The summed E-state index contributed by atoms with van der Waals surface area (Å²) < 4.78 is 11.3. The van der Waals surface area contributed by atoms with E-state index in [1.165, 1.54) is 4.90 Å². The Labute approximate surface area is 141 Å². The van der Waals surface area contributed by atoms with E-state index < -0.39 is 29.6 Å². The number of carbonyl (C=O) groups is 2. The van der Waals surface area contributed by atoms with Crippen LogP contribution in [0.5, 0.6) is 0 Å². The van der Waals surface area contributed by atoms with Crippen molar-refractivity contribution < 1.29 is 19.1 Å². The molecule has 0 aromatic carbocycles. The molecule has 2 amide bonds. The van der Waals surface area contributed by atoms with Crippen molar-refractivity contribution in [1.29, 1.82) is 0 Å². The van der Waals surface area contributed by atoms with Crippen molar-refractivity contribution in [2.75, 3.05) is 0 Å².